The Morgan fingerprint density at radius 3 is 2.70 bits per heavy atom. The topological polar surface area (TPSA) is 28.2 Å². The first-order chi connectivity index (χ1) is 9.60. The summed E-state index contributed by atoms with van der Waals surface area (Å²) < 4.78 is 13.2. The number of halogens is 1. The molecule has 1 aromatic carbocycles. The second-order valence-electron chi connectivity index (χ2n) is 4.94. The Bertz CT molecular complexity index is 554. The zero-order chi connectivity index (χ0) is 14.5. The van der Waals surface area contributed by atoms with Crippen LogP contribution in [0.25, 0.3) is 0 Å². The zero-order valence-corrected chi connectivity index (χ0v) is 12.1. The van der Waals surface area contributed by atoms with Gasteiger partial charge in [-0.3, -0.25) is 4.98 Å². The molecule has 106 valence electrons. The second-order valence-corrected chi connectivity index (χ2v) is 4.94. The third-order valence-electron chi connectivity index (χ3n) is 3.40. The van der Waals surface area contributed by atoms with Gasteiger partial charge in [-0.2, -0.15) is 0 Å². The summed E-state index contributed by atoms with van der Waals surface area (Å²) in [4.78, 5) is 6.50. The van der Waals surface area contributed by atoms with Gasteiger partial charge < -0.3 is 10.2 Å². The Labute approximate surface area is 119 Å². The molecule has 0 fully saturated rings. The number of nitrogens with zero attached hydrogens (tertiary/aromatic N) is 2. The van der Waals surface area contributed by atoms with Gasteiger partial charge in [-0.15, -0.1) is 0 Å². The van der Waals surface area contributed by atoms with E-state index < -0.39 is 0 Å². The van der Waals surface area contributed by atoms with Gasteiger partial charge in [0.05, 0.1) is 17.6 Å². The van der Waals surface area contributed by atoms with Crippen molar-refractivity contribution in [3.63, 3.8) is 0 Å². The Morgan fingerprint density at radius 1 is 1.30 bits per heavy atom. The average Bonchev–Trinajstić information content (AvgIpc) is 2.46. The van der Waals surface area contributed by atoms with Crippen molar-refractivity contribution < 1.29 is 4.39 Å². The Morgan fingerprint density at radius 2 is 2.10 bits per heavy atom. The lowest BCUT2D eigenvalue weighted by Gasteiger charge is -2.20. The lowest BCUT2D eigenvalue weighted by atomic mass is 10.2. The van der Waals surface area contributed by atoms with E-state index in [0.29, 0.717) is 6.54 Å². The number of hydrogen-bond acceptors (Lipinski definition) is 3. The van der Waals surface area contributed by atoms with E-state index in [0.717, 1.165) is 16.9 Å². The molecule has 0 aliphatic heterocycles. The number of hydrogen-bond donors (Lipinski definition) is 1. The van der Waals surface area contributed by atoms with Crippen LogP contribution in [-0.2, 0) is 6.54 Å². The molecule has 0 saturated heterocycles. The number of aromatic nitrogens is 1. The predicted molar refractivity (Wildman–Crippen MR) is 80.2 cm³/mol. The van der Waals surface area contributed by atoms with Crippen molar-refractivity contribution in [2.45, 2.75) is 19.5 Å². The van der Waals surface area contributed by atoms with Gasteiger partial charge in [0, 0.05) is 19.6 Å². The number of rotatable bonds is 5. The minimum absolute atomic E-state index is 0.202. The summed E-state index contributed by atoms with van der Waals surface area (Å²) in [6.07, 6.45) is 1.85. The summed E-state index contributed by atoms with van der Waals surface area (Å²) in [7, 11) is 3.89. The molecule has 2 rings (SSSR count). The molecule has 0 bridgehead atoms. The lowest BCUT2D eigenvalue weighted by molar-refractivity contribution is 0.625. The molecule has 0 saturated carbocycles. The molecular weight excluding hydrogens is 253 g/mol. The van der Waals surface area contributed by atoms with E-state index in [-0.39, 0.29) is 11.9 Å². The van der Waals surface area contributed by atoms with Crippen LogP contribution in [0.5, 0.6) is 0 Å². The highest BCUT2D eigenvalue weighted by Crippen LogP contribution is 2.17. The Balaban J connectivity index is 2.07. The van der Waals surface area contributed by atoms with Crippen LogP contribution < -0.4 is 10.2 Å². The molecule has 20 heavy (non-hydrogen) atoms. The number of benzene rings is 1. The molecule has 1 unspecified atom stereocenters. The molecule has 1 N–H and O–H groups in total. The maximum absolute atomic E-state index is 13.2. The molecular formula is C16H20FN3. The minimum Gasteiger partial charge on any atom is -0.369 e. The van der Waals surface area contributed by atoms with E-state index in [4.69, 9.17) is 0 Å². The van der Waals surface area contributed by atoms with E-state index >= 15 is 0 Å². The van der Waals surface area contributed by atoms with Crippen LogP contribution in [0.15, 0.2) is 42.6 Å². The minimum atomic E-state index is -0.202. The fraction of sp³-hybridized carbons (Fsp3) is 0.312. The number of pyridine rings is 1. The fourth-order valence-electron chi connectivity index (χ4n) is 2.03. The van der Waals surface area contributed by atoms with Crippen LogP contribution in [0, 0.1) is 5.82 Å². The van der Waals surface area contributed by atoms with Gasteiger partial charge in [0.25, 0.3) is 0 Å². The second kappa shape index (κ2) is 6.48. The van der Waals surface area contributed by atoms with Crippen LogP contribution in [0.2, 0.25) is 0 Å². The summed E-state index contributed by atoms with van der Waals surface area (Å²) in [5.74, 6) is -0.202. The number of nitrogens with one attached hydrogen (secondary N) is 1. The Kier molecular flexibility index (Phi) is 4.69. The third-order valence-corrected chi connectivity index (χ3v) is 3.40. The molecule has 0 amide bonds. The van der Waals surface area contributed by atoms with Crippen molar-refractivity contribution in [3.05, 3.63) is 59.7 Å². The van der Waals surface area contributed by atoms with Crippen molar-refractivity contribution in [1.82, 2.24) is 10.3 Å². The van der Waals surface area contributed by atoms with Gasteiger partial charge in [-0.25, -0.2) is 4.39 Å². The molecule has 3 nitrogen and oxygen atoms in total. The van der Waals surface area contributed by atoms with E-state index in [1.807, 2.05) is 38.5 Å². The van der Waals surface area contributed by atoms with Gasteiger partial charge in [0.2, 0.25) is 0 Å². The molecule has 0 spiro atoms. The highest BCUT2D eigenvalue weighted by Gasteiger charge is 2.06. The summed E-state index contributed by atoms with van der Waals surface area (Å²) in [5, 5.41) is 3.16. The van der Waals surface area contributed by atoms with Gasteiger partial charge >= 0.3 is 0 Å². The quantitative estimate of drug-likeness (QED) is 0.907. The van der Waals surface area contributed by atoms with Crippen LogP contribution in [0.1, 0.15) is 24.2 Å². The molecule has 0 aliphatic carbocycles. The van der Waals surface area contributed by atoms with Crippen molar-refractivity contribution >= 4 is 5.69 Å². The SMILES string of the molecule is CNC(C)c1ccc(N(C)Cc2cccc(F)c2)cn1. The van der Waals surface area contributed by atoms with Crippen molar-refractivity contribution in [3.8, 4) is 0 Å². The molecule has 1 heterocycles. The molecule has 0 aliphatic rings. The van der Waals surface area contributed by atoms with Gasteiger partial charge in [-0.1, -0.05) is 12.1 Å². The van der Waals surface area contributed by atoms with E-state index in [1.54, 1.807) is 12.1 Å². The van der Waals surface area contributed by atoms with Crippen LogP contribution in [0.3, 0.4) is 0 Å². The van der Waals surface area contributed by atoms with Crippen LogP contribution in [-0.4, -0.2) is 19.1 Å². The van der Waals surface area contributed by atoms with Crippen LogP contribution >= 0.6 is 0 Å². The maximum atomic E-state index is 13.2. The summed E-state index contributed by atoms with van der Waals surface area (Å²) in [5.41, 5.74) is 2.97. The highest BCUT2D eigenvalue weighted by atomic mass is 19.1. The molecule has 4 heteroatoms. The summed E-state index contributed by atoms with van der Waals surface area (Å²) in [6, 6.07) is 10.9. The van der Waals surface area contributed by atoms with E-state index in [9.17, 15) is 4.39 Å². The first kappa shape index (κ1) is 14.5. The van der Waals surface area contributed by atoms with Crippen molar-refractivity contribution in [1.29, 1.82) is 0 Å². The van der Waals surface area contributed by atoms with Crippen LogP contribution in [0.4, 0.5) is 10.1 Å². The van der Waals surface area contributed by atoms with E-state index in [1.165, 1.54) is 6.07 Å². The van der Waals surface area contributed by atoms with Crippen molar-refractivity contribution in [2.75, 3.05) is 19.0 Å². The first-order valence-electron chi connectivity index (χ1n) is 6.69. The normalized spacial score (nSPS) is 12.2. The Hall–Kier alpha value is -1.94. The highest BCUT2D eigenvalue weighted by molar-refractivity contribution is 5.44. The largest absolute Gasteiger partial charge is 0.369 e. The lowest BCUT2D eigenvalue weighted by Crippen LogP contribution is -2.18. The summed E-state index contributed by atoms with van der Waals surface area (Å²) >= 11 is 0. The predicted octanol–water partition coefficient (Wildman–Crippen LogP) is 3.14. The number of anilines is 1. The third kappa shape index (κ3) is 3.54. The van der Waals surface area contributed by atoms with E-state index in [2.05, 4.69) is 22.1 Å². The fourth-order valence-corrected chi connectivity index (χ4v) is 2.03. The maximum Gasteiger partial charge on any atom is 0.123 e. The zero-order valence-electron chi connectivity index (χ0n) is 12.1. The summed E-state index contributed by atoms with van der Waals surface area (Å²) in [6.45, 7) is 2.72. The molecule has 2 aromatic rings. The monoisotopic (exact) mass is 273 g/mol. The average molecular weight is 273 g/mol. The molecule has 1 aromatic heterocycles. The van der Waals surface area contributed by atoms with Gasteiger partial charge in [0.1, 0.15) is 5.82 Å². The molecule has 1 atom stereocenters. The standard InChI is InChI=1S/C16H20FN3/c1-12(18-2)16-8-7-15(10-19-16)20(3)11-13-5-4-6-14(17)9-13/h4-10,12,18H,11H2,1-3H3. The first-order valence-corrected chi connectivity index (χ1v) is 6.69. The smallest absolute Gasteiger partial charge is 0.123 e. The van der Waals surface area contributed by atoms with Gasteiger partial charge in [0.15, 0.2) is 0 Å². The molecule has 0 radical (unpaired) electrons. The van der Waals surface area contributed by atoms with Crippen molar-refractivity contribution in [2.24, 2.45) is 0 Å². The van der Waals surface area contributed by atoms with Gasteiger partial charge in [-0.05, 0) is 43.8 Å².